The average molecular weight is 396 g/mol. The van der Waals surface area contributed by atoms with E-state index in [1.165, 1.54) is 0 Å². The van der Waals surface area contributed by atoms with E-state index in [1.54, 1.807) is 6.07 Å². The fourth-order valence-electron chi connectivity index (χ4n) is 1.67. The highest BCUT2D eigenvalue weighted by atomic mass is 127. The van der Waals surface area contributed by atoms with Crippen LogP contribution in [0.5, 0.6) is 0 Å². The van der Waals surface area contributed by atoms with Gasteiger partial charge in [-0.15, -0.1) is 0 Å². The third-order valence-electron chi connectivity index (χ3n) is 2.71. The summed E-state index contributed by atoms with van der Waals surface area (Å²) in [6.45, 7) is 1.98. The summed E-state index contributed by atoms with van der Waals surface area (Å²) in [7, 11) is 0. The minimum absolute atomic E-state index is 0.213. The van der Waals surface area contributed by atoms with E-state index >= 15 is 0 Å². The van der Waals surface area contributed by atoms with Crippen molar-refractivity contribution in [3.8, 4) is 0 Å². The third kappa shape index (κ3) is 4.01. The van der Waals surface area contributed by atoms with Crippen molar-refractivity contribution >= 4 is 51.5 Å². The Labute approximate surface area is 136 Å². The van der Waals surface area contributed by atoms with Gasteiger partial charge in [-0.3, -0.25) is 10.1 Å². The van der Waals surface area contributed by atoms with Crippen LogP contribution in [-0.4, -0.2) is 11.0 Å². The van der Waals surface area contributed by atoms with Crippen LogP contribution >= 0.6 is 34.8 Å². The predicted octanol–water partition coefficient (Wildman–Crippen LogP) is 3.73. The van der Waals surface area contributed by atoms with Crippen LogP contribution in [0.1, 0.15) is 15.9 Å². The number of para-hydroxylation sites is 1. The highest BCUT2D eigenvalue weighted by Crippen LogP contribution is 2.13. The zero-order valence-corrected chi connectivity index (χ0v) is 13.8. The Balaban J connectivity index is 2.02. The quantitative estimate of drug-likeness (QED) is 0.601. The summed E-state index contributed by atoms with van der Waals surface area (Å²) in [4.78, 5) is 12.0. The Morgan fingerprint density at radius 2 is 1.90 bits per heavy atom. The number of aryl methyl sites for hydroxylation is 1. The lowest BCUT2D eigenvalue weighted by Crippen LogP contribution is -2.34. The highest BCUT2D eigenvalue weighted by molar-refractivity contribution is 14.1. The molecule has 0 radical (unpaired) electrons. The molecule has 3 nitrogen and oxygen atoms in total. The first kappa shape index (κ1) is 14.9. The Kier molecular flexibility index (Phi) is 5.08. The lowest BCUT2D eigenvalue weighted by atomic mass is 10.2. The summed E-state index contributed by atoms with van der Waals surface area (Å²) in [5.74, 6) is -0.213. The van der Waals surface area contributed by atoms with Gasteiger partial charge in [-0.25, -0.2) is 0 Å². The number of carbonyl (C=O) groups excluding carboxylic acids is 1. The molecule has 5 heteroatoms. The number of anilines is 1. The van der Waals surface area contributed by atoms with Gasteiger partial charge in [0.15, 0.2) is 5.11 Å². The van der Waals surface area contributed by atoms with Gasteiger partial charge in [0.25, 0.3) is 5.91 Å². The second-order valence-electron chi connectivity index (χ2n) is 4.23. The number of benzene rings is 2. The lowest BCUT2D eigenvalue weighted by molar-refractivity contribution is 0.0977. The van der Waals surface area contributed by atoms with Crippen LogP contribution in [-0.2, 0) is 0 Å². The Morgan fingerprint density at radius 3 is 2.60 bits per heavy atom. The molecule has 0 heterocycles. The normalized spacial score (nSPS) is 9.90. The molecule has 0 aromatic heterocycles. The molecule has 0 bridgehead atoms. The molecule has 0 fully saturated rings. The molecule has 0 spiro atoms. The molecule has 2 aromatic carbocycles. The largest absolute Gasteiger partial charge is 0.332 e. The van der Waals surface area contributed by atoms with Crippen LogP contribution in [0.25, 0.3) is 0 Å². The minimum Gasteiger partial charge on any atom is -0.332 e. The Morgan fingerprint density at radius 1 is 1.15 bits per heavy atom. The maximum Gasteiger partial charge on any atom is 0.257 e. The van der Waals surface area contributed by atoms with Gasteiger partial charge in [-0.05, 0) is 71.6 Å². The van der Waals surface area contributed by atoms with Gasteiger partial charge in [-0.1, -0.05) is 24.3 Å². The molecule has 2 N–H and O–H groups in total. The van der Waals surface area contributed by atoms with Crippen molar-refractivity contribution in [1.29, 1.82) is 0 Å². The average Bonchev–Trinajstić information content (AvgIpc) is 2.41. The number of nitrogens with one attached hydrogen (secondary N) is 2. The summed E-state index contributed by atoms with van der Waals surface area (Å²) >= 11 is 7.33. The van der Waals surface area contributed by atoms with Crippen LogP contribution in [0.3, 0.4) is 0 Å². The molecule has 2 rings (SSSR count). The molecule has 102 valence electrons. The van der Waals surface area contributed by atoms with Crippen molar-refractivity contribution in [3.05, 3.63) is 63.2 Å². The van der Waals surface area contributed by atoms with Crippen molar-refractivity contribution in [1.82, 2.24) is 5.32 Å². The molecule has 20 heavy (non-hydrogen) atoms. The second kappa shape index (κ2) is 6.81. The summed E-state index contributed by atoms with van der Waals surface area (Å²) in [5, 5.41) is 5.99. The topological polar surface area (TPSA) is 41.1 Å². The van der Waals surface area contributed by atoms with Crippen molar-refractivity contribution in [2.24, 2.45) is 0 Å². The van der Waals surface area contributed by atoms with Gasteiger partial charge in [0.2, 0.25) is 0 Å². The number of hydrogen-bond acceptors (Lipinski definition) is 2. The van der Waals surface area contributed by atoms with Crippen LogP contribution in [0, 0.1) is 10.5 Å². The van der Waals surface area contributed by atoms with Gasteiger partial charge in [0.05, 0.1) is 0 Å². The van der Waals surface area contributed by atoms with Gasteiger partial charge in [-0.2, -0.15) is 0 Å². The smallest absolute Gasteiger partial charge is 0.257 e. The second-order valence-corrected chi connectivity index (χ2v) is 5.89. The van der Waals surface area contributed by atoms with E-state index in [0.29, 0.717) is 10.7 Å². The fourth-order valence-corrected chi connectivity index (χ4v) is 2.42. The third-order valence-corrected chi connectivity index (χ3v) is 3.58. The molecule has 0 aliphatic rings. The van der Waals surface area contributed by atoms with E-state index in [4.69, 9.17) is 12.2 Å². The Hall–Kier alpha value is -1.47. The zero-order chi connectivity index (χ0) is 14.5. The molecule has 0 atom stereocenters. The fraction of sp³-hybridized carbons (Fsp3) is 0.0667. The number of rotatable bonds is 2. The molecule has 0 aliphatic carbocycles. The molecular weight excluding hydrogens is 383 g/mol. The van der Waals surface area contributed by atoms with Gasteiger partial charge in [0.1, 0.15) is 0 Å². The molecule has 1 amide bonds. The Bertz CT molecular complexity index is 658. The van der Waals surface area contributed by atoms with Crippen LogP contribution in [0.4, 0.5) is 5.69 Å². The van der Waals surface area contributed by atoms with E-state index in [0.717, 1.165) is 14.8 Å². The van der Waals surface area contributed by atoms with Gasteiger partial charge >= 0.3 is 0 Å². The number of thiocarbonyl (C=S) groups is 1. The predicted molar refractivity (Wildman–Crippen MR) is 94.0 cm³/mol. The number of amides is 1. The van der Waals surface area contributed by atoms with Crippen LogP contribution in [0.2, 0.25) is 0 Å². The van der Waals surface area contributed by atoms with E-state index in [2.05, 4.69) is 33.2 Å². The first-order valence-electron chi connectivity index (χ1n) is 6.00. The van der Waals surface area contributed by atoms with Gasteiger partial charge < -0.3 is 5.32 Å². The van der Waals surface area contributed by atoms with E-state index in [-0.39, 0.29) is 5.91 Å². The van der Waals surface area contributed by atoms with E-state index < -0.39 is 0 Å². The lowest BCUT2D eigenvalue weighted by Gasteiger charge is -2.11. The molecule has 0 unspecified atom stereocenters. The maximum absolute atomic E-state index is 12.0. The molecule has 2 aromatic rings. The highest BCUT2D eigenvalue weighted by Gasteiger charge is 2.08. The number of carbonyl (C=O) groups is 1. The van der Waals surface area contributed by atoms with Crippen LogP contribution < -0.4 is 10.6 Å². The van der Waals surface area contributed by atoms with Crippen molar-refractivity contribution in [2.45, 2.75) is 6.92 Å². The standard InChI is InChI=1S/C15H13IN2OS/c1-10-5-2-3-8-13(10)17-15(20)18-14(19)11-6-4-7-12(16)9-11/h2-9H,1H3,(H2,17,18,19,20). The number of hydrogen-bond donors (Lipinski definition) is 2. The number of halogens is 1. The van der Waals surface area contributed by atoms with Gasteiger partial charge in [0, 0.05) is 14.8 Å². The van der Waals surface area contributed by atoms with Crippen molar-refractivity contribution in [2.75, 3.05) is 5.32 Å². The van der Waals surface area contributed by atoms with E-state index in [9.17, 15) is 4.79 Å². The SMILES string of the molecule is Cc1ccccc1NC(=S)NC(=O)c1cccc(I)c1. The molecule has 0 saturated carbocycles. The summed E-state index contributed by atoms with van der Waals surface area (Å²) < 4.78 is 1.01. The van der Waals surface area contributed by atoms with Crippen LogP contribution in [0.15, 0.2) is 48.5 Å². The molecular formula is C15H13IN2OS. The summed E-state index contributed by atoms with van der Waals surface area (Å²) in [6.07, 6.45) is 0. The summed E-state index contributed by atoms with van der Waals surface area (Å²) in [6, 6.07) is 15.1. The zero-order valence-electron chi connectivity index (χ0n) is 10.8. The van der Waals surface area contributed by atoms with Crippen molar-refractivity contribution in [3.63, 3.8) is 0 Å². The monoisotopic (exact) mass is 396 g/mol. The first-order valence-corrected chi connectivity index (χ1v) is 7.48. The minimum atomic E-state index is -0.213. The van der Waals surface area contributed by atoms with Crippen molar-refractivity contribution < 1.29 is 4.79 Å². The molecule has 0 aliphatic heterocycles. The maximum atomic E-state index is 12.0. The first-order chi connectivity index (χ1) is 9.56. The van der Waals surface area contributed by atoms with E-state index in [1.807, 2.05) is 49.4 Å². The molecule has 0 saturated heterocycles. The summed E-state index contributed by atoms with van der Waals surface area (Å²) in [5.41, 5.74) is 2.55.